The molecule has 0 amide bonds. The minimum absolute atomic E-state index is 0.115. The number of H-pyrrole nitrogens is 1. The summed E-state index contributed by atoms with van der Waals surface area (Å²) in [7, 11) is 0. The Morgan fingerprint density at radius 2 is 2.09 bits per heavy atom. The molecule has 9 rings (SSSR count). The van der Waals surface area contributed by atoms with Gasteiger partial charge >= 0.3 is 6.01 Å². The number of pyridine rings is 1. The molecule has 0 bridgehead atoms. The van der Waals surface area contributed by atoms with Crippen LogP contribution in [-0.4, -0.2) is 87.7 Å². The third kappa shape index (κ3) is 4.34. The first-order valence-corrected chi connectivity index (χ1v) is 16.9. The fourth-order valence-corrected chi connectivity index (χ4v) is 8.92. The normalized spacial score (nSPS) is 26.1. The number of rotatable bonds is 4. The van der Waals surface area contributed by atoms with Crippen LogP contribution in [0.5, 0.6) is 11.9 Å². The third-order valence-corrected chi connectivity index (χ3v) is 11.1. The summed E-state index contributed by atoms with van der Waals surface area (Å²) in [4.78, 5) is 19.3. The van der Waals surface area contributed by atoms with Gasteiger partial charge in [0.1, 0.15) is 40.8 Å². The van der Waals surface area contributed by atoms with E-state index in [1.54, 1.807) is 0 Å². The number of benzene rings is 1. The molecule has 3 aromatic heterocycles. The molecular weight excluding hydrogens is 609 g/mol. The van der Waals surface area contributed by atoms with Gasteiger partial charge in [-0.2, -0.15) is 15.1 Å². The maximum atomic E-state index is 17.4. The minimum atomic E-state index is -0.542. The minimum Gasteiger partial charge on any atom is -0.475 e. The van der Waals surface area contributed by atoms with E-state index in [9.17, 15) is 0 Å². The highest BCUT2D eigenvalue weighted by Gasteiger charge is 2.47. The highest BCUT2D eigenvalue weighted by molar-refractivity contribution is 6.35. The zero-order valence-corrected chi connectivity index (χ0v) is 26.8. The lowest BCUT2D eigenvalue weighted by molar-refractivity contribution is 0.108. The zero-order valence-electron chi connectivity index (χ0n) is 26.0. The number of ether oxygens (including phenoxy) is 3. The van der Waals surface area contributed by atoms with Gasteiger partial charge in [0, 0.05) is 30.6 Å². The first kappa shape index (κ1) is 28.7. The highest BCUT2D eigenvalue weighted by atomic mass is 35.5. The van der Waals surface area contributed by atoms with Crippen molar-refractivity contribution in [3.8, 4) is 23.1 Å². The Morgan fingerprint density at radius 3 is 3.00 bits per heavy atom. The van der Waals surface area contributed by atoms with E-state index in [1.165, 1.54) is 5.57 Å². The van der Waals surface area contributed by atoms with E-state index in [4.69, 9.17) is 40.8 Å². The Bertz CT molecular complexity index is 1920. The molecule has 46 heavy (non-hydrogen) atoms. The summed E-state index contributed by atoms with van der Waals surface area (Å²) < 4.78 is 36.2. The molecular formula is C34H37ClFN7O3. The Kier molecular flexibility index (Phi) is 6.70. The highest BCUT2D eigenvalue weighted by Crippen LogP contribution is 2.48. The summed E-state index contributed by atoms with van der Waals surface area (Å²) in [5.74, 6) is 0.533. The number of hydrogen-bond donors (Lipinski definition) is 1. The van der Waals surface area contributed by atoms with Crippen LogP contribution in [0.2, 0.25) is 5.15 Å². The largest absolute Gasteiger partial charge is 0.475 e. The Balaban J connectivity index is 1.26. The van der Waals surface area contributed by atoms with Crippen molar-refractivity contribution in [1.29, 1.82) is 0 Å². The van der Waals surface area contributed by atoms with E-state index in [0.717, 1.165) is 69.2 Å². The second-order valence-electron chi connectivity index (χ2n) is 13.7. The SMILES string of the molecule is C=C1CN2CCC[C@@]2(COc2nc3c4c(nc(-c5c6c(cc7n[nH]c(Cl)c57)CCC[C@H]6C)c(F)c4n2)OC[C@@H]2COCCCN32)C1. The molecule has 3 fully saturated rings. The molecule has 3 atom stereocenters. The fourth-order valence-electron chi connectivity index (χ4n) is 8.69. The molecule has 4 aromatic rings. The van der Waals surface area contributed by atoms with Gasteiger partial charge in [-0.1, -0.05) is 30.7 Å². The van der Waals surface area contributed by atoms with Gasteiger partial charge in [-0.15, -0.1) is 0 Å². The van der Waals surface area contributed by atoms with Gasteiger partial charge in [-0.3, -0.25) is 10.00 Å². The van der Waals surface area contributed by atoms with Gasteiger partial charge in [-0.05, 0) is 74.6 Å². The Morgan fingerprint density at radius 1 is 1.17 bits per heavy atom. The van der Waals surface area contributed by atoms with Crippen LogP contribution in [-0.2, 0) is 11.2 Å². The molecule has 0 radical (unpaired) electrons. The average molecular weight is 646 g/mol. The van der Waals surface area contributed by atoms with Crippen LogP contribution in [0.4, 0.5) is 10.2 Å². The molecule has 0 spiro atoms. The molecule has 10 nitrogen and oxygen atoms in total. The van der Waals surface area contributed by atoms with Crippen LogP contribution in [0.3, 0.4) is 0 Å². The summed E-state index contributed by atoms with van der Waals surface area (Å²) in [6, 6.07) is 2.12. The quantitative estimate of drug-likeness (QED) is 0.269. The third-order valence-electron chi connectivity index (χ3n) is 10.8. The number of halogens is 2. The van der Waals surface area contributed by atoms with Gasteiger partial charge in [0.15, 0.2) is 5.82 Å². The molecule has 7 heterocycles. The van der Waals surface area contributed by atoms with Crippen LogP contribution >= 0.6 is 11.6 Å². The maximum Gasteiger partial charge on any atom is 0.319 e. The van der Waals surface area contributed by atoms with Crippen molar-refractivity contribution in [1.82, 2.24) is 30.0 Å². The summed E-state index contributed by atoms with van der Waals surface area (Å²) in [6.45, 7) is 10.9. The van der Waals surface area contributed by atoms with E-state index >= 15 is 4.39 Å². The van der Waals surface area contributed by atoms with Gasteiger partial charge in [0.2, 0.25) is 5.88 Å². The van der Waals surface area contributed by atoms with Crippen molar-refractivity contribution in [2.45, 2.75) is 69.4 Å². The summed E-state index contributed by atoms with van der Waals surface area (Å²) in [6.07, 6.45) is 6.78. The number of aromatic amines is 1. The van der Waals surface area contributed by atoms with Crippen LogP contribution in [0.25, 0.3) is 33.1 Å². The number of nitrogens with one attached hydrogen (secondary N) is 1. The van der Waals surface area contributed by atoms with E-state index in [2.05, 4.69) is 39.6 Å². The molecule has 0 saturated carbocycles. The second kappa shape index (κ2) is 10.7. The van der Waals surface area contributed by atoms with Crippen LogP contribution in [0.1, 0.15) is 62.5 Å². The van der Waals surface area contributed by atoms with Crippen molar-refractivity contribution < 1.29 is 18.6 Å². The summed E-state index contributed by atoms with van der Waals surface area (Å²) in [5.41, 5.74) is 4.95. The van der Waals surface area contributed by atoms with E-state index in [0.29, 0.717) is 71.7 Å². The van der Waals surface area contributed by atoms with E-state index in [-0.39, 0.29) is 34.7 Å². The summed E-state index contributed by atoms with van der Waals surface area (Å²) >= 11 is 6.73. The molecule has 5 aliphatic rings. The number of hydrogen-bond acceptors (Lipinski definition) is 9. The lowest BCUT2D eigenvalue weighted by atomic mass is 9.79. The van der Waals surface area contributed by atoms with Gasteiger partial charge in [-0.25, -0.2) is 9.37 Å². The van der Waals surface area contributed by atoms with Crippen LogP contribution < -0.4 is 14.4 Å². The lowest BCUT2D eigenvalue weighted by Gasteiger charge is -2.31. The second-order valence-corrected chi connectivity index (χ2v) is 14.1. The van der Waals surface area contributed by atoms with Gasteiger partial charge in [0.05, 0.1) is 23.7 Å². The molecule has 1 aromatic carbocycles. The lowest BCUT2D eigenvalue weighted by Crippen LogP contribution is -2.43. The zero-order chi connectivity index (χ0) is 31.2. The monoisotopic (exact) mass is 645 g/mol. The Labute approximate surface area is 271 Å². The van der Waals surface area contributed by atoms with Gasteiger partial charge in [0.25, 0.3) is 0 Å². The van der Waals surface area contributed by atoms with Crippen LogP contribution in [0.15, 0.2) is 18.2 Å². The van der Waals surface area contributed by atoms with Crippen molar-refractivity contribution in [3.63, 3.8) is 0 Å². The molecule has 12 heteroatoms. The number of anilines is 1. The number of fused-ring (bicyclic) bond motifs is 5. The van der Waals surface area contributed by atoms with E-state index < -0.39 is 5.82 Å². The molecule has 4 aliphatic heterocycles. The van der Waals surface area contributed by atoms with Crippen molar-refractivity contribution in [2.24, 2.45) is 0 Å². The molecule has 1 N–H and O–H groups in total. The average Bonchev–Trinajstić information content (AvgIpc) is 3.59. The topological polar surface area (TPSA) is 102 Å². The molecule has 0 unspecified atom stereocenters. The first-order chi connectivity index (χ1) is 22.4. The molecule has 3 saturated heterocycles. The molecule has 240 valence electrons. The van der Waals surface area contributed by atoms with Crippen molar-refractivity contribution >= 4 is 39.2 Å². The number of aryl methyl sites for hydroxylation is 1. The van der Waals surface area contributed by atoms with Crippen LogP contribution in [0, 0.1) is 5.82 Å². The predicted molar refractivity (Wildman–Crippen MR) is 174 cm³/mol. The maximum absolute atomic E-state index is 17.4. The van der Waals surface area contributed by atoms with Crippen molar-refractivity contribution in [3.05, 3.63) is 40.3 Å². The fraction of sp³-hybridized carbons (Fsp3) is 0.529. The van der Waals surface area contributed by atoms with E-state index in [1.807, 2.05) is 0 Å². The van der Waals surface area contributed by atoms with Gasteiger partial charge < -0.3 is 19.1 Å². The number of aromatic nitrogens is 5. The molecule has 1 aliphatic carbocycles. The van der Waals surface area contributed by atoms with Crippen molar-refractivity contribution in [2.75, 3.05) is 51.0 Å². The first-order valence-electron chi connectivity index (χ1n) is 16.5. The smallest absolute Gasteiger partial charge is 0.319 e. The Hall–Kier alpha value is -3.54. The number of nitrogens with zero attached hydrogens (tertiary/aromatic N) is 6. The predicted octanol–water partition coefficient (Wildman–Crippen LogP) is 5.96. The standard InChI is InChI=1S/C34H37ClFN7O3/c1-18-13-34(8-4-9-42(34)14-18)17-46-33-38-29-26-31(39-33)43-10-5-11-44-15-21(43)16-45-32(26)37-28(27(29)36)25-23-19(2)6-3-7-20(23)12-22-24(25)30(35)41-40-22/h12,19,21H,1,3-11,13-17H2,2H3,(H,40,41)/t19-,21+,34+/m1/s1. The summed E-state index contributed by atoms with van der Waals surface area (Å²) in [5, 5.41) is 8.85.